The Labute approximate surface area is 209 Å². The van der Waals surface area contributed by atoms with E-state index < -0.39 is 35.0 Å². The van der Waals surface area contributed by atoms with E-state index in [2.05, 4.69) is 16.0 Å². The van der Waals surface area contributed by atoms with Crippen molar-refractivity contribution in [1.29, 1.82) is 0 Å². The van der Waals surface area contributed by atoms with E-state index in [4.69, 9.17) is 9.47 Å². The highest BCUT2D eigenvalue weighted by molar-refractivity contribution is 6.03. The lowest BCUT2D eigenvalue weighted by molar-refractivity contribution is -0.144. The van der Waals surface area contributed by atoms with Gasteiger partial charge in [0.2, 0.25) is 17.7 Å². The number of epoxide rings is 1. The van der Waals surface area contributed by atoms with Crippen LogP contribution in [0.25, 0.3) is 0 Å². The molecule has 9 nitrogen and oxygen atoms in total. The van der Waals surface area contributed by atoms with E-state index in [0.717, 1.165) is 11.1 Å². The molecule has 2 heterocycles. The number of ketones is 1. The van der Waals surface area contributed by atoms with Gasteiger partial charge in [0.25, 0.3) is 0 Å². The lowest BCUT2D eigenvalue weighted by Gasteiger charge is -2.38. The van der Waals surface area contributed by atoms with Crippen molar-refractivity contribution in [2.75, 3.05) is 13.7 Å². The smallest absolute Gasteiger partial charge is 0.246 e. The Balaban J connectivity index is 1.54. The maximum atomic E-state index is 13.5. The number of amides is 3. The summed E-state index contributed by atoms with van der Waals surface area (Å²) in [6, 6.07) is 14.7. The summed E-state index contributed by atoms with van der Waals surface area (Å²) in [5, 5.41) is 8.23. The van der Waals surface area contributed by atoms with Gasteiger partial charge in [-0.1, -0.05) is 42.5 Å². The van der Waals surface area contributed by atoms with Crippen molar-refractivity contribution in [2.24, 2.45) is 0 Å². The molecule has 0 aromatic heterocycles. The Bertz CT molecular complexity index is 1140. The highest BCUT2D eigenvalue weighted by Gasteiger charge is 2.50. The van der Waals surface area contributed by atoms with E-state index in [9.17, 15) is 19.2 Å². The molecule has 0 radical (unpaired) electrons. The fraction of sp³-hybridized carbons (Fsp3) is 0.407. The predicted molar refractivity (Wildman–Crippen MR) is 131 cm³/mol. The molecule has 190 valence electrons. The number of ether oxygens (including phenoxy) is 2. The van der Waals surface area contributed by atoms with Crippen LogP contribution < -0.4 is 20.7 Å². The minimum Gasteiger partial charge on any atom is -0.497 e. The molecular formula is C27H31N3O6. The Hall–Kier alpha value is -3.72. The predicted octanol–water partition coefficient (Wildman–Crippen LogP) is 1.09. The normalized spacial score (nSPS) is 23.9. The topological polar surface area (TPSA) is 126 Å². The lowest BCUT2D eigenvalue weighted by Crippen LogP contribution is -2.68. The average molecular weight is 494 g/mol. The van der Waals surface area contributed by atoms with E-state index in [1.807, 2.05) is 42.5 Å². The Kier molecular flexibility index (Phi) is 7.12. The highest BCUT2D eigenvalue weighted by atomic mass is 16.6. The molecule has 36 heavy (non-hydrogen) atoms. The Morgan fingerprint density at radius 3 is 2.11 bits per heavy atom. The molecular weight excluding hydrogens is 462 g/mol. The molecule has 0 bridgehead atoms. The maximum Gasteiger partial charge on any atom is 0.246 e. The van der Waals surface area contributed by atoms with Crippen LogP contribution in [0.5, 0.6) is 5.75 Å². The molecule has 3 N–H and O–H groups in total. The Morgan fingerprint density at radius 2 is 1.56 bits per heavy atom. The molecule has 0 unspecified atom stereocenters. The van der Waals surface area contributed by atoms with Gasteiger partial charge in [0, 0.05) is 6.42 Å². The molecule has 0 spiro atoms. The van der Waals surface area contributed by atoms with E-state index in [-0.39, 0.29) is 24.5 Å². The van der Waals surface area contributed by atoms with E-state index in [1.54, 1.807) is 33.1 Å². The summed E-state index contributed by atoms with van der Waals surface area (Å²) < 4.78 is 10.6. The third-order valence-electron chi connectivity index (χ3n) is 6.67. The fourth-order valence-electron chi connectivity index (χ4n) is 4.22. The molecule has 0 saturated carbocycles. The maximum absolute atomic E-state index is 13.5. The van der Waals surface area contributed by atoms with Gasteiger partial charge in [-0.05, 0) is 43.5 Å². The quantitative estimate of drug-likeness (QED) is 0.318. The molecule has 4 rings (SSSR count). The van der Waals surface area contributed by atoms with Crippen LogP contribution in [-0.4, -0.2) is 60.4 Å². The first-order valence-electron chi connectivity index (χ1n) is 11.9. The molecule has 0 aliphatic carbocycles. The Morgan fingerprint density at radius 1 is 0.972 bits per heavy atom. The number of rotatable bonds is 11. The van der Waals surface area contributed by atoms with Crippen molar-refractivity contribution in [3.05, 3.63) is 65.7 Å². The zero-order chi connectivity index (χ0) is 25.9. The van der Waals surface area contributed by atoms with Gasteiger partial charge in [-0.3, -0.25) is 19.2 Å². The molecule has 9 heteroatoms. The largest absolute Gasteiger partial charge is 0.497 e. The first kappa shape index (κ1) is 25.4. The second-order valence-corrected chi connectivity index (χ2v) is 9.77. The molecule has 2 aliphatic heterocycles. The van der Waals surface area contributed by atoms with Gasteiger partial charge in [-0.15, -0.1) is 0 Å². The molecule has 2 aliphatic rings. The number of carbonyl (C=O) groups excluding carboxylic acids is 4. The first-order chi connectivity index (χ1) is 17.1. The minimum absolute atomic E-state index is 0.0422. The number of benzene rings is 2. The summed E-state index contributed by atoms with van der Waals surface area (Å²) in [6.45, 7) is 3.62. The third kappa shape index (κ3) is 5.73. The van der Waals surface area contributed by atoms with Crippen LogP contribution in [0.1, 0.15) is 31.4 Å². The van der Waals surface area contributed by atoms with Gasteiger partial charge in [0.1, 0.15) is 22.9 Å². The number of methoxy groups -OCH3 is 1. The van der Waals surface area contributed by atoms with Gasteiger partial charge in [-0.2, -0.15) is 0 Å². The van der Waals surface area contributed by atoms with Crippen LogP contribution in [0.2, 0.25) is 0 Å². The molecule has 2 saturated heterocycles. The summed E-state index contributed by atoms with van der Waals surface area (Å²) >= 11 is 0. The van der Waals surface area contributed by atoms with Crippen molar-refractivity contribution in [1.82, 2.24) is 16.0 Å². The first-order valence-corrected chi connectivity index (χ1v) is 11.9. The molecule has 2 aromatic carbocycles. The molecule has 2 aromatic rings. The van der Waals surface area contributed by atoms with Crippen molar-refractivity contribution < 1.29 is 28.7 Å². The van der Waals surface area contributed by atoms with E-state index in [1.165, 1.54) is 0 Å². The zero-order valence-corrected chi connectivity index (χ0v) is 20.6. The standard InChI is InChI=1S/C27H31N3O6/c1-26(15-22(31)30-26)25(34)29-21(14-18-9-11-19(35-3)12-10-18)24(33)28-20(23(32)27(2)16-36-27)13-17-7-5-4-6-8-17/h4-12,20-21H,13-16H2,1-3H3,(H,28,33)(H,29,34)(H,30,31)/t20-,21-,26+,27+/m0/s1. The van der Waals surface area contributed by atoms with Crippen LogP contribution in [0.15, 0.2) is 54.6 Å². The molecule has 2 fully saturated rings. The summed E-state index contributed by atoms with van der Waals surface area (Å²) in [5.74, 6) is -0.728. The van der Waals surface area contributed by atoms with E-state index >= 15 is 0 Å². The molecule has 4 atom stereocenters. The number of β-lactam (4-membered cyclic amide) rings is 1. The van der Waals surface area contributed by atoms with Crippen LogP contribution in [0.4, 0.5) is 0 Å². The number of carbonyl (C=O) groups is 4. The van der Waals surface area contributed by atoms with Crippen LogP contribution in [0, 0.1) is 0 Å². The average Bonchev–Trinajstić information content (AvgIpc) is 3.61. The van der Waals surface area contributed by atoms with Crippen LogP contribution in [-0.2, 0) is 36.8 Å². The number of nitrogens with one attached hydrogen (secondary N) is 3. The summed E-state index contributed by atoms with van der Waals surface area (Å²) in [7, 11) is 1.56. The monoisotopic (exact) mass is 493 g/mol. The van der Waals surface area contributed by atoms with E-state index in [0.29, 0.717) is 18.8 Å². The zero-order valence-electron chi connectivity index (χ0n) is 20.6. The highest BCUT2D eigenvalue weighted by Crippen LogP contribution is 2.29. The second-order valence-electron chi connectivity index (χ2n) is 9.77. The van der Waals surface area contributed by atoms with Gasteiger partial charge < -0.3 is 25.4 Å². The number of hydrogen-bond donors (Lipinski definition) is 3. The van der Waals surface area contributed by atoms with Crippen molar-refractivity contribution in [3.63, 3.8) is 0 Å². The van der Waals surface area contributed by atoms with Crippen molar-refractivity contribution >= 4 is 23.5 Å². The van der Waals surface area contributed by atoms with Gasteiger partial charge in [-0.25, -0.2) is 0 Å². The summed E-state index contributed by atoms with van der Waals surface area (Å²) in [6.07, 6.45) is 0.521. The summed E-state index contributed by atoms with van der Waals surface area (Å²) in [5.41, 5.74) is -0.321. The summed E-state index contributed by atoms with van der Waals surface area (Å²) in [4.78, 5) is 51.1. The van der Waals surface area contributed by atoms with Crippen molar-refractivity contribution in [3.8, 4) is 5.75 Å². The number of hydrogen-bond acceptors (Lipinski definition) is 6. The van der Waals surface area contributed by atoms with Crippen LogP contribution >= 0.6 is 0 Å². The fourth-order valence-corrected chi connectivity index (χ4v) is 4.22. The van der Waals surface area contributed by atoms with Gasteiger partial charge in [0.05, 0.1) is 26.2 Å². The SMILES string of the molecule is COc1ccc(C[C@H](NC(=O)[C@@]2(C)CC(=O)N2)C(=O)N[C@@H](Cc2ccccc2)C(=O)[C@@]2(C)CO2)cc1. The minimum atomic E-state index is -1.08. The van der Waals surface area contributed by atoms with Crippen LogP contribution in [0.3, 0.4) is 0 Å². The van der Waals surface area contributed by atoms with Gasteiger partial charge >= 0.3 is 0 Å². The van der Waals surface area contributed by atoms with Crippen molar-refractivity contribution in [2.45, 2.75) is 56.3 Å². The number of Topliss-reactive ketones (excluding diaryl/α,β-unsaturated/α-hetero) is 1. The van der Waals surface area contributed by atoms with Gasteiger partial charge in [0.15, 0.2) is 5.78 Å². The third-order valence-corrected chi connectivity index (χ3v) is 6.67. The molecule has 3 amide bonds. The lowest BCUT2D eigenvalue weighted by atomic mass is 9.88. The second kappa shape index (κ2) is 10.1.